The summed E-state index contributed by atoms with van der Waals surface area (Å²) in [6.07, 6.45) is 4.20. The molecular formula is C11H14N2. The van der Waals surface area contributed by atoms with Crippen LogP contribution < -0.4 is 4.90 Å². The van der Waals surface area contributed by atoms with E-state index in [1.54, 1.807) is 0 Å². The Morgan fingerprint density at radius 1 is 1.15 bits per heavy atom. The maximum Gasteiger partial charge on any atom is 0.0939 e. The van der Waals surface area contributed by atoms with Crippen LogP contribution >= 0.6 is 0 Å². The molecule has 0 spiro atoms. The lowest BCUT2D eigenvalue weighted by Gasteiger charge is -2.19. The highest BCUT2D eigenvalue weighted by molar-refractivity contribution is 5.55. The van der Waals surface area contributed by atoms with Crippen molar-refractivity contribution in [3.8, 4) is 0 Å². The van der Waals surface area contributed by atoms with Crippen molar-refractivity contribution in [1.82, 2.24) is 4.90 Å². The Kier molecular flexibility index (Phi) is 1.97. The summed E-state index contributed by atoms with van der Waals surface area (Å²) < 4.78 is 0. The first-order valence-electron chi connectivity index (χ1n) is 4.48. The zero-order chi connectivity index (χ0) is 9.26. The fourth-order valence-electron chi connectivity index (χ4n) is 1.57. The fourth-order valence-corrected chi connectivity index (χ4v) is 1.57. The van der Waals surface area contributed by atoms with Gasteiger partial charge < -0.3 is 9.80 Å². The highest BCUT2D eigenvalue weighted by Crippen LogP contribution is 2.22. The largest absolute Gasteiger partial charge is 0.361 e. The van der Waals surface area contributed by atoms with Gasteiger partial charge >= 0.3 is 0 Å². The maximum absolute atomic E-state index is 2.25. The second-order valence-electron chi connectivity index (χ2n) is 3.45. The minimum absolute atomic E-state index is 0.949. The van der Waals surface area contributed by atoms with E-state index in [0.717, 1.165) is 6.67 Å². The van der Waals surface area contributed by atoms with Gasteiger partial charge in [-0.15, -0.1) is 0 Å². The monoisotopic (exact) mass is 174 g/mol. The van der Waals surface area contributed by atoms with Crippen molar-refractivity contribution in [3.05, 3.63) is 42.2 Å². The van der Waals surface area contributed by atoms with Crippen molar-refractivity contribution in [1.29, 1.82) is 0 Å². The van der Waals surface area contributed by atoms with Crippen molar-refractivity contribution >= 4 is 5.69 Å². The average molecular weight is 174 g/mol. The molecular weight excluding hydrogens is 160 g/mol. The molecule has 1 aromatic rings. The van der Waals surface area contributed by atoms with Crippen LogP contribution in [0, 0.1) is 6.92 Å². The zero-order valence-corrected chi connectivity index (χ0v) is 8.07. The SMILES string of the molecule is Cc1ccccc1N1C=CN(C)C1. The molecule has 0 saturated heterocycles. The van der Waals surface area contributed by atoms with Gasteiger partial charge in [-0.3, -0.25) is 0 Å². The summed E-state index contributed by atoms with van der Waals surface area (Å²) >= 11 is 0. The summed E-state index contributed by atoms with van der Waals surface area (Å²) in [5, 5.41) is 0. The second kappa shape index (κ2) is 3.13. The third kappa shape index (κ3) is 1.52. The molecule has 0 aromatic heterocycles. The number of benzene rings is 1. The molecule has 2 nitrogen and oxygen atoms in total. The molecule has 2 rings (SSSR count). The number of rotatable bonds is 1. The van der Waals surface area contributed by atoms with Crippen molar-refractivity contribution < 1.29 is 0 Å². The Morgan fingerprint density at radius 2 is 1.92 bits per heavy atom. The molecule has 0 N–H and O–H groups in total. The standard InChI is InChI=1S/C11H14N2/c1-10-5-3-4-6-11(10)13-8-7-12(2)9-13/h3-8H,9H2,1-2H3. The van der Waals surface area contributed by atoms with Gasteiger partial charge in [0.15, 0.2) is 0 Å². The third-order valence-electron chi connectivity index (χ3n) is 2.30. The second-order valence-corrected chi connectivity index (χ2v) is 3.45. The van der Waals surface area contributed by atoms with Crippen molar-refractivity contribution in [2.24, 2.45) is 0 Å². The molecule has 0 saturated carbocycles. The smallest absolute Gasteiger partial charge is 0.0939 e. The molecule has 1 aliphatic rings. The number of nitrogens with zero attached hydrogens (tertiary/aromatic N) is 2. The van der Waals surface area contributed by atoms with E-state index in [2.05, 4.69) is 60.4 Å². The van der Waals surface area contributed by atoms with Crippen LogP contribution in [0.15, 0.2) is 36.7 Å². The number of hydrogen-bond donors (Lipinski definition) is 0. The highest BCUT2D eigenvalue weighted by atomic mass is 15.3. The first-order valence-corrected chi connectivity index (χ1v) is 4.48. The lowest BCUT2D eigenvalue weighted by Crippen LogP contribution is -2.22. The molecule has 0 fully saturated rings. The Bertz CT molecular complexity index is 331. The highest BCUT2D eigenvalue weighted by Gasteiger charge is 2.11. The summed E-state index contributed by atoms with van der Waals surface area (Å²) in [7, 11) is 2.08. The van der Waals surface area contributed by atoms with Crippen LogP contribution in [0.5, 0.6) is 0 Å². The minimum atomic E-state index is 0.949. The van der Waals surface area contributed by atoms with Gasteiger partial charge in [0.1, 0.15) is 0 Å². The van der Waals surface area contributed by atoms with E-state index in [9.17, 15) is 0 Å². The summed E-state index contributed by atoms with van der Waals surface area (Å²) in [5.41, 5.74) is 2.62. The number of hydrogen-bond acceptors (Lipinski definition) is 2. The molecule has 1 aliphatic heterocycles. The van der Waals surface area contributed by atoms with Gasteiger partial charge in [0.25, 0.3) is 0 Å². The number of para-hydroxylation sites is 1. The zero-order valence-electron chi connectivity index (χ0n) is 8.07. The van der Waals surface area contributed by atoms with Gasteiger partial charge in [-0.1, -0.05) is 18.2 Å². The molecule has 13 heavy (non-hydrogen) atoms. The molecule has 2 heteroatoms. The van der Waals surface area contributed by atoms with Gasteiger partial charge in [0.05, 0.1) is 6.67 Å². The first kappa shape index (κ1) is 8.17. The number of aryl methyl sites for hydroxylation is 1. The molecule has 0 amide bonds. The lowest BCUT2D eigenvalue weighted by atomic mass is 10.2. The Hall–Kier alpha value is -1.44. The van der Waals surface area contributed by atoms with E-state index in [4.69, 9.17) is 0 Å². The van der Waals surface area contributed by atoms with E-state index in [0.29, 0.717) is 0 Å². The summed E-state index contributed by atoms with van der Waals surface area (Å²) in [5.74, 6) is 0. The van der Waals surface area contributed by atoms with Crippen LogP contribution in [0.4, 0.5) is 5.69 Å². The van der Waals surface area contributed by atoms with E-state index in [-0.39, 0.29) is 0 Å². The quantitative estimate of drug-likeness (QED) is 0.644. The Labute approximate surface area is 79.1 Å². The predicted molar refractivity (Wildman–Crippen MR) is 55.4 cm³/mol. The van der Waals surface area contributed by atoms with Crippen LogP contribution in [0.25, 0.3) is 0 Å². The summed E-state index contributed by atoms with van der Waals surface area (Å²) in [4.78, 5) is 4.40. The topological polar surface area (TPSA) is 6.48 Å². The first-order chi connectivity index (χ1) is 6.27. The Morgan fingerprint density at radius 3 is 2.54 bits per heavy atom. The summed E-state index contributed by atoms with van der Waals surface area (Å²) in [6.45, 7) is 3.09. The van der Waals surface area contributed by atoms with Crippen LogP contribution in [0.1, 0.15) is 5.56 Å². The van der Waals surface area contributed by atoms with Crippen LogP contribution in [-0.2, 0) is 0 Å². The molecule has 1 heterocycles. The molecule has 1 aromatic carbocycles. The predicted octanol–water partition coefficient (Wildman–Crippen LogP) is 2.18. The van der Waals surface area contributed by atoms with Gasteiger partial charge in [-0.05, 0) is 18.6 Å². The van der Waals surface area contributed by atoms with Crippen LogP contribution in [0.2, 0.25) is 0 Å². The normalized spacial score (nSPS) is 15.5. The van der Waals surface area contributed by atoms with Gasteiger partial charge in [-0.2, -0.15) is 0 Å². The third-order valence-corrected chi connectivity index (χ3v) is 2.30. The molecule has 0 radical (unpaired) electrons. The molecule has 68 valence electrons. The summed E-state index contributed by atoms with van der Waals surface area (Å²) in [6, 6.07) is 8.44. The molecule has 0 aliphatic carbocycles. The van der Waals surface area contributed by atoms with E-state index >= 15 is 0 Å². The molecule has 0 bridgehead atoms. The van der Waals surface area contributed by atoms with Crippen molar-refractivity contribution in [3.63, 3.8) is 0 Å². The maximum atomic E-state index is 2.25. The van der Waals surface area contributed by atoms with E-state index in [1.165, 1.54) is 11.3 Å². The molecule has 0 unspecified atom stereocenters. The van der Waals surface area contributed by atoms with Gasteiger partial charge in [-0.25, -0.2) is 0 Å². The lowest BCUT2D eigenvalue weighted by molar-refractivity contribution is 0.495. The fraction of sp³-hybridized carbons (Fsp3) is 0.273. The van der Waals surface area contributed by atoms with E-state index in [1.807, 2.05) is 0 Å². The van der Waals surface area contributed by atoms with Gasteiger partial charge in [0, 0.05) is 25.1 Å². The average Bonchev–Trinajstić information content (AvgIpc) is 2.53. The Balaban J connectivity index is 2.27. The number of anilines is 1. The minimum Gasteiger partial charge on any atom is -0.361 e. The van der Waals surface area contributed by atoms with Crippen LogP contribution in [0.3, 0.4) is 0 Å². The van der Waals surface area contributed by atoms with E-state index < -0.39 is 0 Å². The van der Waals surface area contributed by atoms with Gasteiger partial charge in [0.2, 0.25) is 0 Å². The van der Waals surface area contributed by atoms with Crippen molar-refractivity contribution in [2.75, 3.05) is 18.6 Å². The molecule has 0 atom stereocenters. The van der Waals surface area contributed by atoms with Crippen molar-refractivity contribution in [2.45, 2.75) is 6.92 Å². The van der Waals surface area contributed by atoms with Crippen LogP contribution in [-0.4, -0.2) is 18.6 Å².